The van der Waals surface area contributed by atoms with E-state index < -0.39 is 10.0 Å². The Morgan fingerprint density at radius 1 is 1.00 bits per heavy atom. The van der Waals surface area contributed by atoms with Gasteiger partial charge >= 0.3 is 0 Å². The van der Waals surface area contributed by atoms with Gasteiger partial charge in [-0.05, 0) is 37.5 Å². The van der Waals surface area contributed by atoms with E-state index in [-0.39, 0.29) is 0 Å². The van der Waals surface area contributed by atoms with Gasteiger partial charge in [0, 0.05) is 29.6 Å². The van der Waals surface area contributed by atoms with Gasteiger partial charge in [0.1, 0.15) is 5.01 Å². The zero-order valence-corrected chi connectivity index (χ0v) is 16.2. The molecule has 6 heteroatoms. The lowest BCUT2D eigenvalue weighted by Gasteiger charge is -2.15. The Labute approximate surface area is 158 Å². The zero-order valence-electron chi connectivity index (χ0n) is 14.6. The minimum atomic E-state index is -3.37. The second kappa shape index (κ2) is 6.95. The lowest BCUT2D eigenvalue weighted by atomic mass is 10.1. The minimum absolute atomic E-state index is 0.359. The van der Waals surface area contributed by atoms with Crippen LogP contribution in [0, 0.1) is 6.92 Å². The fraction of sp³-hybridized carbons (Fsp3) is 0.250. The molecule has 4 rings (SSSR count). The van der Waals surface area contributed by atoms with Crippen molar-refractivity contribution in [3.05, 3.63) is 59.5 Å². The summed E-state index contributed by atoms with van der Waals surface area (Å²) in [5, 5.41) is 3.00. The first kappa shape index (κ1) is 17.4. The molecule has 0 N–H and O–H groups in total. The van der Waals surface area contributed by atoms with E-state index in [2.05, 4.69) is 19.1 Å². The van der Waals surface area contributed by atoms with Crippen molar-refractivity contribution in [2.45, 2.75) is 24.7 Å². The molecule has 0 spiro atoms. The third-order valence-electron chi connectivity index (χ3n) is 4.73. The van der Waals surface area contributed by atoms with E-state index in [1.165, 1.54) is 5.56 Å². The van der Waals surface area contributed by atoms with Gasteiger partial charge in [-0.25, -0.2) is 13.4 Å². The predicted octanol–water partition coefficient (Wildman–Crippen LogP) is 4.57. The van der Waals surface area contributed by atoms with Gasteiger partial charge in [-0.2, -0.15) is 4.31 Å². The smallest absolute Gasteiger partial charge is 0.236 e. The van der Waals surface area contributed by atoms with Crippen molar-refractivity contribution in [1.82, 2.24) is 9.29 Å². The molecule has 1 saturated heterocycles. The van der Waals surface area contributed by atoms with Crippen LogP contribution in [0.25, 0.3) is 21.8 Å². The summed E-state index contributed by atoms with van der Waals surface area (Å²) in [7, 11) is -3.37. The fourth-order valence-corrected chi connectivity index (χ4v) is 5.65. The summed E-state index contributed by atoms with van der Waals surface area (Å²) in [5.41, 5.74) is 4.14. The van der Waals surface area contributed by atoms with Crippen LogP contribution >= 0.6 is 11.3 Å². The van der Waals surface area contributed by atoms with Gasteiger partial charge in [0.05, 0.1) is 10.6 Å². The Bertz CT molecular complexity index is 1020. The maximum absolute atomic E-state index is 12.6. The van der Waals surface area contributed by atoms with E-state index in [1.807, 2.05) is 29.6 Å². The molecule has 1 aromatic heterocycles. The van der Waals surface area contributed by atoms with Gasteiger partial charge in [0.15, 0.2) is 0 Å². The van der Waals surface area contributed by atoms with E-state index in [1.54, 1.807) is 27.8 Å². The van der Waals surface area contributed by atoms with Crippen molar-refractivity contribution in [2.24, 2.45) is 0 Å². The quantitative estimate of drug-likeness (QED) is 0.662. The Balaban J connectivity index is 1.61. The van der Waals surface area contributed by atoms with Crippen molar-refractivity contribution in [2.75, 3.05) is 13.1 Å². The van der Waals surface area contributed by atoms with Gasteiger partial charge in [-0.15, -0.1) is 11.3 Å². The summed E-state index contributed by atoms with van der Waals surface area (Å²) < 4.78 is 26.8. The van der Waals surface area contributed by atoms with E-state index in [0.29, 0.717) is 18.0 Å². The normalized spacial score (nSPS) is 15.4. The van der Waals surface area contributed by atoms with Crippen LogP contribution in [0.5, 0.6) is 0 Å². The van der Waals surface area contributed by atoms with Crippen LogP contribution < -0.4 is 0 Å². The molecule has 1 aliphatic rings. The Kier molecular flexibility index (Phi) is 4.65. The molecule has 0 unspecified atom stereocenters. The Morgan fingerprint density at radius 3 is 2.38 bits per heavy atom. The molecule has 26 heavy (non-hydrogen) atoms. The molecule has 0 aliphatic carbocycles. The van der Waals surface area contributed by atoms with Crippen molar-refractivity contribution < 1.29 is 8.42 Å². The number of nitrogens with zero attached hydrogens (tertiary/aromatic N) is 2. The van der Waals surface area contributed by atoms with Gasteiger partial charge in [-0.3, -0.25) is 0 Å². The Morgan fingerprint density at radius 2 is 1.69 bits per heavy atom. The van der Waals surface area contributed by atoms with E-state index in [9.17, 15) is 8.42 Å². The summed E-state index contributed by atoms with van der Waals surface area (Å²) in [6, 6.07) is 15.3. The van der Waals surface area contributed by atoms with Crippen LogP contribution in [0.4, 0.5) is 0 Å². The first-order valence-corrected chi connectivity index (χ1v) is 11.0. The molecule has 4 nitrogen and oxygen atoms in total. The summed E-state index contributed by atoms with van der Waals surface area (Å²) in [5.74, 6) is 0. The number of hydrogen-bond donors (Lipinski definition) is 0. The fourth-order valence-electron chi connectivity index (χ4n) is 3.22. The number of rotatable bonds is 4. The second-order valence-electron chi connectivity index (χ2n) is 6.49. The van der Waals surface area contributed by atoms with Crippen molar-refractivity contribution in [1.29, 1.82) is 0 Å². The molecule has 2 heterocycles. The van der Waals surface area contributed by atoms with E-state index in [4.69, 9.17) is 4.98 Å². The van der Waals surface area contributed by atoms with Crippen LogP contribution in [0.1, 0.15) is 18.4 Å². The van der Waals surface area contributed by atoms with Crippen LogP contribution in [0.2, 0.25) is 0 Å². The molecule has 3 aromatic rings. The third kappa shape index (κ3) is 3.20. The second-order valence-corrected chi connectivity index (χ2v) is 9.28. The maximum atomic E-state index is 12.6. The Hall–Kier alpha value is -2.02. The molecular formula is C20H20N2O2S2. The first-order valence-electron chi connectivity index (χ1n) is 8.68. The van der Waals surface area contributed by atoms with Crippen molar-refractivity contribution in [3.8, 4) is 21.8 Å². The lowest BCUT2D eigenvalue weighted by Crippen LogP contribution is -2.27. The first-order chi connectivity index (χ1) is 12.6. The average molecular weight is 385 g/mol. The number of thiazole rings is 1. The van der Waals surface area contributed by atoms with Crippen LogP contribution in [-0.4, -0.2) is 30.8 Å². The van der Waals surface area contributed by atoms with Gasteiger partial charge in [-0.1, -0.05) is 36.4 Å². The molecule has 1 aliphatic heterocycles. The predicted molar refractivity (Wildman–Crippen MR) is 106 cm³/mol. The highest BCUT2D eigenvalue weighted by molar-refractivity contribution is 7.89. The highest BCUT2D eigenvalue weighted by atomic mass is 32.2. The molecule has 134 valence electrons. The molecule has 0 bridgehead atoms. The monoisotopic (exact) mass is 384 g/mol. The number of sulfonamides is 1. The summed E-state index contributed by atoms with van der Waals surface area (Å²) in [4.78, 5) is 5.10. The largest absolute Gasteiger partial charge is 0.243 e. The van der Waals surface area contributed by atoms with Crippen LogP contribution in [-0.2, 0) is 10.0 Å². The minimum Gasteiger partial charge on any atom is -0.236 e. The summed E-state index contributed by atoms with van der Waals surface area (Å²) in [6.07, 6.45) is 1.88. The molecule has 2 aromatic carbocycles. The summed E-state index contributed by atoms with van der Waals surface area (Å²) in [6.45, 7) is 3.32. The third-order valence-corrected chi connectivity index (χ3v) is 7.52. The van der Waals surface area contributed by atoms with Gasteiger partial charge < -0.3 is 0 Å². The summed E-state index contributed by atoms with van der Waals surface area (Å²) >= 11 is 1.60. The van der Waals surface area contributed by atoms with Crippen molar-refractivity contribution in [3.63, 3.8) is 0 Å². The number of hydrogen-bond acceptors (Lipinski definition) is 4. The lowest BCUT2D eigenvalue weighted by molar-refractivity contribution is 0.477. The zero-order chi connectivity index (χ0) is 18.1. The molecular weight excluding hydrogens is 364 g/mol. The molecule has 0 radical (unpaired) electrons. The van der Waals surface area contributed by atoms with Gasteiger partial charge in [0.2, 0.25) is 10.0 Å². The molecule has 1 fully saturated rings. The van der Waals surface area contributed by atoms with Gasteiger partial charge in [0.25, 0.3) is 0 Å². The highest BCUT2D eigenvalue weighted by Crippen LogP contribution is 2.31. The average Bonchev–Trinajstić information content (AvgIpc) is 3.35. The number of aryl methyl sites for hydroxylation is 1. The van der Waals surface area contributed by atoms with Crippen molar-refractivity contribution >= 4 is 21.4 Å². The SMILES string of the molecule is Cc1ccccc1-c1nc(-c2ccc(S(=O)(=O)N3CCCC3)cc2)cs1. The van der Waals surface area contributed by atoms with E-state index in [0.717, 1.165) is 34.7 Å². The number of aromatic nitrogens is 1. The molecule has 0 saturated carbocycles. The highest BCUT2D eigenvalue weighted by Gasteiger charge is 2.27. The van der Waals surface area contributed by atoms with Crippen LogP contribution in [0.3, 0.4) is 0 Å². The topological polar surface area (TPSA) is 50.3 Å². The molecule has 0 atom stereocenters. The number of benzene rings is 2. The standard InChI is InChI=1S/C20H20N2O2S2/c1-15-6-2-3-7-18(15)20-21-19(14-25-20)16-8-10-17(11-9-16)26(23,24)22-12-4-5-13-22/h2-3,6-11,14H,4-5,12-13H2,1H3. The van der Waals surface area contributed by atoms with E-state index >= 15 is 0 Å². The molecule has 0 amide bonds. The maximum Gasteiger partial charge on any atom is 0.243 e. The van der Waals surface area contributed by atoms with Crippen LogP contribution in [0.15, 0.2) is 58.8 Å².